The Morgan fingerprint density at radius 1 is 1.50 bits per heavy atom. The van der Waals surface area contributed by atoms with Crippen molar-refractivity contribution in [3.63, 3.8) is 0 Å². The maximum atomic E-state index is 10.8. The Bertz CT molecular complexity index is 139. The fourth-order valence-corrected chi connectivity index (χ4v) is 0.942. The number of halogens is 1. The molecular formula is C7H14ClNO3. The number of hydrogen-bond acceptors (Lipinski definition) is 3. The second kappa shape index (κ2) is 6.22. The molecule has 1 N–H and O–H groups in total. The number of carbonyl (C=O) groups is 1. The third-order valence-corrected chi connectivity index (χ3v) is 1.63. The second-order valence-electron chi connectivity index (χ2n) is 2.33. The molecule has 4 nitrogen and oxygen atoms in total. The van der Waals surface area contributed by atoms with Gasteiger partial charge in [-0.1, -0.05) is 0 Å². The van der Waals surface area contributed by atoms with Crippen LogP contribution in [0, 0.1) is 0 Å². The Kier molecular flexibility index (Phi) is 6.06. The number of carbonyl (C=O) groups excluding carboxylic acids is 1. The number of nitrogens with one attached hydrogen (secondary N) is 1. The molecule has 0 aromatic carbocycles. The van der Waals surface area contributed by atoms with Crippen LogP contribution in [0.3, 0.4) is 0 Å². The molecule has 0 aromatic rings. The van der Waals surface area contributed by atoms with Crippen molar-refractivity contribution >= 4 is 17.5 Å². The summed E-state index contributed by atoms with van der Waals surface area (Å²) in [6, 6.07) is -0.203. The van der Waals surface area contributed by atoms with Gasteiger partial charge in [0.15, 0.2) is 6.29 Å². The summed E-state index contributed by atoms with van der Waals surface area (Å²) in [6.45, 7) is 1.78. The Labute approximate surface area is 77.2 Å². The summed E-state index contributed by atoms with van der Waals surface area (Å²) in [7, 11) is 3.02. The van der Waals surface area contributed by atoms with Crippen LogP contribution in [0.4, 0.5) is 0 Å². The monoisotopic (exact) mass is 195 g/mol. The molecule has 0 aliphatic rings. The van der Waals surface area contributed by atoms with E-state index in [9.17, 15) is 4.79 Å². The molecule has 12 heavy (non-hydrogen) atoms. The lowest BCUT2D eigenvalue weighted by molar-refractivity contribution is -0.134. The minimum absolute atomic E-state index is 0.0511. The first kappa shape index (κ1) is 11.7. The fraction of sp³-hybridized carbons (Fsp3) is 0.857. The van der Waals surface area contributed by atoms with Gasteiger partial charge in [0.05, 0.1) is 6.04 Å². The highest BCUT2D eigenvalue weighted by atomic mass is 35.5. The molecule has 0 fully saturated rings. The minimum Gasteiger partial charge on any atom is -0.354 e. The van der Waals surface area contributed by atoms with E-state index in [0.29, 0.717) is 0 Å². The standard InChI is InChI=1S/C7H14ClNO3/c1-5(7(11-2)12-3)9-6(10)4-8/h5,7H,4H2,1-3H3,(H,9,10). The first-order chi connectivity index (χ1) is 5.65. The van der Waals surface area contributed by atoms with Gasteiger partial charge in [0, 0.05) is 14.2 Å². The van der Waals surface area contributed by atoms with E-state index in [2.05, 4.69) is 5.32 Å². The van der Waals surface area contributed by atoms with Crippen molar-refractivity contribution in [2.75, 3.05) is 20.1 Å². The van der Waals surface area contributed by atoms with E-state index in [-0.39, 0.29) is 17.8 Å². The number of rotatable bonds is 5. The highest BCUT2D eigenvalue weighted by Crippen LogP contribution is 1.98. The minimum atomic E-state index is -0.433. The maximum absolute atomic E-state index is 10.8. The van der Waals surface area contributed by atoms with E-state index in [0.717, 1.165) is 0 Å². The van der Waals surface area contributed by atoms with Crippen LogP contribution in [0.15, 0.2) is 0 Å². The van der Waals surface area contributed by atoms with Crippen LogP contribution in [-0.4, -0.2) is 38.3 Å². The largest absolute Gasteiger partial charge is 0.354 e. The first-order valence-corrected chi connectivity index (χ1v) is 4.10. The van der Waals surface area contributed by atoms with Crippen LogP contribution in [0.2, 0.25) is 0 Å². The quantitative estimate of drug-likeness (QED) is 0.509. The lowest BCUT2D eigenvalue weighted by Gasteiger charge is -2.21. The van der Waals surface area contributed by atoms with Crippen molar-refractivity contribution in [1.82, 2.24) is 5.32 Å². The molecule has 1 unspecified atom stereocenters. The second-order valence-corrected chi connectivity index (χ2v) is 2.60. The predicted octanol–water partition coefficient (Wildman–Crippen LogP) is 0.349. The lowest BCUT2D eigenvalue weighted by Crippen LogP contribution is -2.43. The SMILES string of the molecule is COC(OC)C(C)NC(=O)CCl. The van der Waals surface area contributed by atoms with Crippen molar-refractivity contribution in [2.24, 2.45) is 0 Å². The average molecular weight is 196 g/mol. The van der Waals surface area contributed by atoms with E-state index in [4.69, 9.17) is 21.1 Å². The topological polar surface area (TPSA) is 47.6 Å². The molecular weight excluding hydrogens is 182 g/mol. The highest BCUT2D eigenvalue weighted by Gasteiger charge is 2.16. The number of amides is 1. The highest BCUT2D eigenvalue weighted by molar-refractivity contribution is 6.27. The number of methoxy groups -OCH3 is 2. The molecule has 0 rings (SSSR count). The van der Waals surface area contributed by atoms with Crippen LogP contribution >= 0.6 is 11.6 Å². The summed E-state index contributed by atoms with van der Waals surface area (Å²) < 4.78 is 9.85. The van der Waals surface area contributed by atoms with E-state index in [1.807, 2.05) is 0 Å². The van der Waals surface area contributed by atoms with E-state index >= 15 is 0 Å². The van der Waals surface area contributed by atoms with E-state index < -0.39 is 6.29 Å². The summed E-state index contributed by atoms with van der Waals surface area (Å²) >= 11 is 5.29. The van der Waals surface area contributed by atoms with Crippen LogP contribution in [0.5, 0.6) is 0 Å². The molecule has 5 heteroatoms. The Morgan fingerprint density at radius 2 is 2.00 bits per heavy atom. The Hall–Kier alpha value is -0.320. The van der Waals surface area contributed by atoms with Gasteiger partial charge in [-0.25, -0.2) is 0 Å². The van der Waals surface area contributed by atoms with Crippen molar-refractivity contribution in [3.8, 4) is 0 Å². The molecule has 1 amide bonds. The van der Waals surface area contributed by atoms with Gasteiger partial charge in [0.2, 0.25) is 5.91 Å². The Balaban J connectivity index is 3.83. The molecule has 1 atom stereocenters. The summed E-state index contributed by atoms with van der Waals surface area (Å²) in [6.07, 6.45) is -0.433. The molecule has 0 aromatic heterocycles. The lowest BCUT2D eigenvalue weighted by atomic mass is 10.3. The van der Waals surface area contributed by atoms with Crippen molar-refractivity contribution in [1.29, 1.82) is 0 Å². The fourth-order valence-electron chi connectivity index (χ4n) is 0.865. The van der Waals surface area contributed by atoms with Gasteiger partial charge >= 0.3 is 0 Å². The molecule has 0 spiro atoms. The van der Waals surface area contributed by atoms with Crippen molar-refractivity contribution in [2.45, 2.75) is 19.3 Å². The number of hydrogen-bond donors (Lipinski definition) is 1. The maximum Gasteiger partial charge on any atom is 0.235 e. The molecule has 0 saturated heterocycles. The third-order valence-electron chi connectivity index (χ3n) is 1.38. The van der Waals surface area contributed by atoms with Gasteiger partial charge in [-0.15, -0.1) is 11.6 Å². The zero-order valence-electron chi connectivity index (χ0n) is 7.46. The van der Waals surface area contributed by atoms with E-state index in [1.54, 1.807) is 6.92 Å². The Morgan fingerprint density at radius 3 is 2.33 bits per heavy atom. The van der Waals surface area contributed by atoms with Crippen LogP contribution in [-0.2, 0) is 14.3 Å². The molecule has 0 bridgehead atoms. The smallest absolute Gasteiger partial charge is 0.235 e. The van der Waals surface area contributed by atoms with Gasteiger partial charge in [-0.2, -0.15) is 0 Å². The van der Waals surface area contributed by atoms with Gasteiger partial charge in [-0.3, -0.25) is 4.79 Å². The summed E-state index contributed by atoms with van der Waals surface area (Å²) in [4.78, 5) is 10.8. The van der Waals surface area contributed by atoms with Crippen LogP contribution < -0.4 is 5.32 Å². The molecule has 0 heterocycles. The normalized spacial score (nSPS) is 13.1. The van der Waals surface area contributed by atoms with Crippen molar-refractivity contribution in [3.05, 3.63) is 0 Å². The molecule has 0 radical (unpaired) electrons. The van der Waals surface area contributed by atoms with Crippen LogP contribution in [0.25, 0.3) is 0 Å². The molecule has 72 valence electrons. The zero-order valence-corrected chi connectivity index (χ0v) is 8.22. The van der Waals surface area contributed by atoms with Crippen molar-refractivity contribution < 1.29 is 14.3 Å². The summed E-state index contributed by atoms with van der Waals surface area (Å²) in [5.41, 5.74) is 0. The van der Waals surface area contributed by atoms with Gasteiger partial charge < -0.3 is 14.8 Å². The van der Waals surface area contributed by atoms with E-state index in [1.165, 1.54) is 14.2 Å². The first-order valence-electron chi connectivity index (χ1n) is 3.56. The number of alkyl halides is 1. The van der Waals surface area contributed by atoms with Gasteiger partial charge in [0.1, 0.15) is 5.88 Å². The zero-order chi connectivity index (χ0) is 9.56. The summed E-state index contributed by atoms with van der Waals surface area (Å²) in [5.74, 6) is -0.284. The van der Waals surface area contributed by atoms with Gasteiger partial charge in [-0.05, 0) is 6.92 Å². The molecule has 0 aliphatic carbocycles. The molecule has 0 saturated carbocycles. The summed E-state index contributed by atoms with van der Waals surface area (Å²) in [5, 5.41) is 2.61. The average Bonchev–Trinajstić information content (AvgIpc) is 2.06. The van der Waals surface area contributed by atoms with Gasteiger partial charge in [0.25, 0.3) is 0 Å². The predicted molar refractivity (Wildman–Crippen MR) is 46.1 cm³/mol. The van der Waals surface area contributed by atoms with Crippen LogP contribution in [0.1, 0.15) is 6.92 Å². The third kappa shape index (κ3) is 3.90. The number of ether oxygens (including phenoxy) is 2. The molecule has 0 aliphatic heterocycles.